The molecule has 0 atom stereocenters. The molecule has 5 heteroatoms. The lowest BCUT2D eigenvalue weighted by atomic mass is 10.1. The number of aromatic amines is 1. The Kier molecular flexibility index (Phi) is 2.08. The van der Waals surface area contributed by atoms with Gasteiger partial charge in [0.15, 0.2) is 0 Å². The number of halogens is 1. The average Bonchev–Trinajstić information content (AvgIpc) is 2.59. The van der Waals surface area contributed by atoms with Crippen molar-refractivity contribution < 1.29 is 9.90 Å². The number of H-pyrrole nitrogens is 1. The highest BCUT2D eigenvalue weighted by atomic mass is 35.5. The Bertz CT molecular complexity index is 560. The van der Waals surface area contributed by atoms with Gasteiger partial charge in [-0.1, -0.05) is 11.6 Å². The van der Waals surface area contributed by atoms with E-state index in [2.05, 4.69) is 4.98 Å². The van der Waals surface area contributed by atoms with Gasteiger partial charge in [0, 0.05) is 10.4 Å². The summed E-state index contributed by atoms with van der Waals surface area (Å²) < 4.78 is 0. The molecule has 0 spiro atoms. The molecule has 0 radical (unpaired) electrons. The smallest absolute Gasteiger partial charge is 0.352 e. The number of nitrogens with one attached hydrogen (secondary N) is 1. The Morgan fingerprint density at radius 2 is 2.20 bits per heavy atom. The maximum absolute atomic E-state index is 10.8. The number of carboxylic acid groups (broad SMARTS) is 1. The highest BCUT2D eigenvalue weighted by Crippen LogP contribution is 2.30. The Hall–Kier alpha value is -1.68. The van der Waals surface area contributed by atoms with E-state index in [0.717, 1.165) is 10.9 Å². The van der Waals surface area contributed by atoms with Crippen LogP contribution in [0.1, 0.15) is 16.1 Å². The zero-order chi connectivity index (χ0) is 11.2. The molecule has 0 aliphatic carbocycles. The van der Waals surface area contributed by atoms with Gasteiger partial charge in [-0.05, 0) is 24.6 Å². The van der Waals surface area contributed by atoms with Gasteiger partial charge in [-0.2, -0.15) is 0 Å². The maximum Gasteiger partial charge on any atom is 0.352 e. The monoisotopic (exact) mass is 224 g/mol. The number of carboxylic acids is 1. The van der Waals surface area contributed by atoms with Crippen LogP contribution in [-0.4, -0.2) is 16.1 Å². The lowest BCUT2D eigenvalue weighted by molar-refractivity contribution is 0.0691. The van der Waals surface area contributed by atoms with Crippen molar-refractivity contribution in [2.24, 2.45) is 0 Å². The number of benzene rings is 1. The van der Waals surface area contributed by atoms with E-state index in [1.54, 1.807) is 6.07 Å². The summed E-state index contributed by atoms with van der Waals surface area (Å²) in [7, 11) is 0. The van der Waals surface area contributed by atoms with Crippen molar-refractivity contribution >= 4 is 34.2 Å². The molecule has 15 heavy (non-hydrogen) atoms. The fourth-order valence-corrected chi connectivity index (χ4v) is 1.76. The van der Waals surface area contributed by atoms with Crippen LogP contribution >= 0.6 is 11.6 Å². The minimum Gasteiger partial charge on any atom is -0.477 e. The van der Waals surface area contributed by atoms with Gasteiger partial charge in [0.2, 0.25) is 0 Å². The van der Waals surface area contributed by atoms with E-state index >= 15 is 0 Å². The number of rotatable bonds is 1. The minimum atomic E-state index is -1.01. The van der Waals surface area contributed by atoms with Crippen molar-refractivity contribution in [2.75, 3.05) is 5.73 Å². The van der Waals surface area contributed by atoms with E-state index < -0.39 is 5.97 Å². The second-order valence-electron chi connectivity index (χ2n) is 3.35. The Morgan fingerprint density at radius 1 is 1.53 bits per heavy atom. The summed E-state index contributed by atoms with van der Waals surface area (Å²) in [6.07, 6.45) is 0. The largest absolute Gasteiger partial charge is 0.477 e. The minimum absolute atomic E-state index is 0.113. The number of aromatic nitrogens is 1. The van der Waals surface area contributed by atoms with Crippen LogP contribution < -0.4 is 5.73 Å². The first-order valence-electron chi connectivity index (χ1n) is 4.31. The summed E-state index contributed by atoms with van der Waals surface area (Å²) in [6, 6.07) is 3.15. The first-order chi connectivity index (χ1) is 7.00. The van der Waals surface area contributed by atoms with Gasteiger partial charge in [0.25, 0.3) is 0 Å². The maximum atomic E-state index is 10.8. The molecule has 0 unspecified atom stereocenters. The van der Waals surface area contributed by atoms with Crippen LogP contribution in [0.4, 0.5) is 5.69 Å². The molecule has 2 rings (SSSR count). The predicted molar refractivity (Wildman–Crippen MR) is 59.4 cm³/mol. The number of nitrogens with two attached hydrogens (primary N) is 1. The SMILES string of the molecule is Cc1c(Cl)cc(N)c2[nH]c(C(=O)O)cc12. The van der Waals surface area contributed by atoms with Crippen LogP contribution in [0.25, 0.3) is 10.9 Å². The summed E-state index contributed by atoms with van der Waals surface area (Å²) >= 11 is 5.94. The first-order valence-corrected chi connectivity index (χ1v) is 4.69. The van der Waals surface area contributed by atoms with E-state index in [1.165, 1.54) is 6.07 Å². The number of hydrogen-bond acceptors (Lipinski definition) is 2. The second-order valence-corrected chi connectivity index (χ2v) is 3.76. The molecule has 1 aromatic carbocycles. The van der Waals surface area contributed by atoms with Gasteiger partial charge in [0.05, 0.1) is 11.2 Å². The Morgan fingerprint density at radius 3 is 2.80 bits per heavy atom. The molecule has 0 fully saturated rings. The number of aryl methyl sites for hydroxylation is 1. The molecule has 0 aliphatic rings. The van der Waals surface area contributed by atoms with Crippen LogP contribution in [0, 0.1) is 6.92 Å². The van der Waals surface area contributed by atoms with Crippen LogP contribution in [0.15, 0.2) is 12.1 Å². The van der Waals surface area contributed by atoms with Crippen LogP contribution in [-0.2, 0) is 0 Å². The van der Waals surface area contributed by atoms with E-state index in [1.807, 2.05) is 6.92 Å². The van der Waals surface area contributed by atoms with Crippen LogP contribution in [0.2, 0.25) is 5.02 Å². The summed E-state index contributed by atoms with van der Waals surface area (Å²) in [4.78, 5) is 13.5. The molecule has 0 aliphatic heterocycles. The molecule has 4 N–H and O–H groups in total. The van der Waals surface area contributed by atoms with Crippen molar-refractivity contribution in [3.63, 3.8) is 0 Å². The Labute approximate surface area is 90.7 Å². The lowest BCUT2D eigenvalue weighted by Crippen LogP contribution is -1.95. The second kappa shape index (κ2) is 3.17. The molecule has 0 saturated carbocycles. The predicted octanol–water partition coefficient (Wildman–Crippen LogP) is 2.41. The van der Waals surface area contributed by atoms with Crippen molar-refractivity contribution in [3.05, 3.63) is 28.4 Å². The third-order valence-electron chi connectivity index (χ3n) is 2.38. The molecule has 2 aromatic rings. The topological polar surface area (TPSA) is 79.1 Å². The molecular formula is C10H9ClN2O2. The molecule has 4 nitrogen and oxygen atoms in total. The Balaban J connectivity index is 2.85. The van der Waals surface area contributed by atoms with Gasteiger partial charge in [-0.3, -0.25) is 0 Å². The fourth-order valence-electron chi connectivity index (χ4n) is 1.54. The molecule has 78 valence electrons. The van der Waals surface area contributed by atoms with Gasteiger partial charge in [-0.15, -0.1) is 0 Å². The number of fused-ring (bicyclic) bond motifs is 1. The van der Waals surface area contributed by atoms with Crippen molar-refractivity contribution in [2.45, 2.75) is 6.92 Å². The van der Waals surface area contributed by atoms with Crippen LogP contribution in [0.5, 0.6) is 0 Å². The molecular weight excluding hydrogens is 216 g/mol. The summed E-state index contributed by atoms with van der Waals surface area (Å²) in [5, 5.41) is 10.1. The fraction of sp³-hybridized carbons (Fsp3) is 0.100. The third-order valence-corrected chi connectivity index (χ3v) is 2.77. The van der Waals surface area contributed by atoms with E-state index in [0.29, 0.717) is 16.2 Å². The van der Waals surface area contributed by atoms with Gasteiger partial charge < -0.3 is 15.8 Å². The average molecular weight is 225 g/mol. The quantitative estimate of drug-likeness (QED) is 0.651. The summed E-state index contributed by atoms with van der Waals surface area (Å²) in [6.45, 7) is 1.82. The van der Waals surface area contributed by atoms with Gasteiger partial charge >= 0.3 is 5.97 Å². The zero-order valence-corrected chi connectivity index (χ0v) is 8.72. The summed E-state index contributed by atoms with van der Waals surface area (Å²) in [5.41, 5.74) is 7.74. The van der Waals surface area contributed by atoms with E-state index in [4.69, 9.17) is 22.4 Å². The van der Waals surface area contributed by atoms with Crippen molar-refractivity contribution in [1.29, 1.82) is 0 Å². The number of carbonyl (C=O) groups is 1. The highest BCUT2D eigenvalue weighted by Gasteiger charge is 2.12. The molecule has 1 heterocycles. The number of anilines is 1. The van der Waals surface area contributed by atoms with E-state index in [-0.39, 0.29) is 5.69 Å². The van der Waals surface area contributed by atoms with Crippen molar-refractivity contribution in [3.8, 4) is 0 Å². The normalized spacial score (nSPS) is 10.8. The highest BCUT2D eigenvalue weighted by molar-refractivity contribution is 6.33. The first kappa shape index (κ1) is 9.86. The standard InChI is InChI=1S/C10H9ClN2O2/c1-4-5-2-8(10(14)15)13-9(5)7(12)3-6(4)11/h2-3,13H,12H2,1H3,(H,14,15). The molecule has 1 aromatic heterocycles. The third kappa shape index (κ3) is 1.43. The van der Waals surface area contributed by atoms with Crippen LogP contribution in [0.3, 0.4) is 0 Å². The van der Waals surface area contributed by atoms with Gasteiger partial charge in [0.1, 0.15) is 5.69 Å². The van der Waals surface area contributed by atoms with Gasteiger partial charge in [-0.25, -0.2) is 4.79 Å². The van der Waals surface area contributed by atoms with E-state index in [9.17, 15) is 4.79 Å². The van der Waals surface area contributed by atoms with Crippen molar-refractivity contribution in [1.82, 2.24) is 4.98 Å². The number of nitrogen functional groups attached to an aromatic ring is 1. The molecule has 0 bridgehead atoms. The number of aromatic carboxylic acids is 1. The number of hydrogen-bond donors (Lipinski definition) is 3. The zero-order valence-electron chi connectivity index (χ0n) is 7.97. The molecule has 0 saturated heterocycles. The lowest BCUT2D eigenvalue weighted by Gasteiger charge is -2.02. The molecule has 0 amide bonds. The summed E-state index contributed by atoms with van der Waals surface area (Å²) in [5.74, 6) is -1.01.